The fourth-order valence-corrected chi connectivity index (χ4v) is 3.33. The first kappa shape index (κ1) is 31.8. The number of aromatic amines is 1. The first-order valence-corrected chi connectivity index (χ1v) is 12.1. The number of nitrogens with zero attached hydrogens (tertiary/aromatic N) is 1. The lowest BCUT2D eigenvalue weighted by atomic mass is 9.96. The molecular formula is C25H44F3N5O. The Morgan fingerprint density at radius 1 is 1.32 bits per heavy atom. The topological polar surface area (TPSA) is 108 Å². The number of rotatable bonds is 5. The number of hydrogen-bond donors (Lipinski definition) is 4. The number of amides is 1. The first-order valence-electron chi connectivity index (χ1n) is 12.1. The Bertz CT molecular complexity index is 768. The fourth-order valence-electron chi connectivity index (χ4n) is 3.33. The van der Waals surface area contributed by atoms with E-state index in [1.54, 1.807) is 20.0 Å². The lowest BCUT2D eigenvalue weighted by molar-refractivity contribution is -0.189. The van der Waals surface area contributed by atoms with E-state index in [-0.39, 0.29) is 25.2 Å². The summed E-state index contributed by atoms with van der Waals surface area (Å²) in [6.45, 7) is 14.6. The van der Waals surface area contributed by atoms with Crippen LogP contribution in [0.4, 0.5) is 13.2 Å². The van der Waals surface area contributed by atoms with E-state index in [9.17, 15) is 18.0 Å². The highest BCUT2D eigenvalue weighted by Gasteiger charge is 2.62. The van der Waals surface area contributed by atoms with Gasteiger partial charge in [-0.2, -0.15) is 13.2 Å². The number of aromatic nitrogens is 2. The van der Waals surface area contributed by atoms with Crippen molar-refractivity contribution in [1.82, 2.24) is 15.3 Å². The molecule has 9 heteroatoms. The van der Waals surface area contributed by atoms with Crippen molar-refractivity contribution in [2.24, 2.45) is 17.1 Å². The Kier molecular flexibility index (Phi) is 14.0. The molecule has 2 fully saturated rings. The Balaban J connectivity index is 0.000000535. The maximum Gasteiger partial charge on any atom is 0.394 e. The van der Waals surface area contributed by atoms with Crippen LogP contribution in [-0.4, -0.2) is 34.3 Å². The van der Waals surface area contributed by atoms with Crippen molar-refractivity contribution in [3.05, 3.63) is 29.4 Å². The Morgan fingerprint density at radius 3 is 2.21 bits per heavy atom. The van der Waals surface area contributed by atoms with Crippen LogP contribution in [0.1, 0.15) is 97.6 Å². The van der Waals surface area contributed by atoms with Crippen LogP contribution >= 0.6 is 0 Å². The Hall–Kier alpha value is -2.16. The van der Waals surface area contributed by atoms with Gasteiger partial charge >= 0.3 is 6.18 Å². The summed E-state index contributed by atoms with van der Waals surface area (Å²) in [4.78, 5) is 17.4. The van der Waals surface area contributed by atoms with Gasteiger partial charge in [0.1, 0.15) is 5.82 Å². The normalized spacial score (nSPS) is 18.9. The van der Waals surface area contributed by atoms with Crippen LogP contribution in [0.2, 0.25) is 0 Å². The monoisotopic (exact) mass is 487 g/mol. The van der Waals surface area contributed by atoms with Crippen molar-refractivity contribution >= 4 is 11.6 Å². The molecule has 3 rings (SSSR count). The number of piperidine rings is 1. The molecule has 1 saturated heterocycles. The molecule has 5 N–H and O–H groups in total. The SMILES string of the molecule is CC.CC(=N)C=C(C)C.CC1CCC(=O)NC1.Cc1ncc(C(N)CCC2(C(F)(F)F)CC2)[nH]1. The number of hydrogen-bond acceptors (Lipinski definition) is 4. The number of nitrogens with two attached hydrogens (primary N) is 1. The minimum atomic E-state index is -4.09. The summed E-state index contributed by atoms with van der Waals surface area (Å²) >= 11 is 0. The van der Waals surface area contributed by atoms with Gasteiger partial charge in [-0.05, 0) is 71.8 Å². The van der Waals surface area contributed by atoms with E-state index in [0.29, 0.717) is 23.7 Å². The smallest absolute Gasteiger partial charge is 0.356 e. The van der Waals surface area contributed by atoms with Crippen molar-refractivity contribution in [3.63, 3.8) is 0 Å². The molecule has 2 atom stereocenters. The first-order chi connectivity index (χ1) is 15.8. The second-order valence-corrected chi connectivity index (χ2v) is 9.20. The molecule has 0 spiro atoms. The number of allylic oxidation sites excluding steroid dienone is 2. The third-order valence-corrected chi connectivity index (χ3v) is 5.53. The van der Waals surface area contributed by atoms with Crippen LogP contribution in [0.15, 0.2) is 17.8 Å². The highest BCUT2D eigenvalue weighted by atomic mass is 19.4. The van der Waals surface area contributed by atoms with E-state index in [4.69, 9.17) is 11.1 Å². The number of alkyl halides is 3. The summed E-state index contributed by atoms with van der Waals surface area (Å²) < 4.78 is 38.1. The van der Waals surface area contributed by atoms with Crippen molar-refractivity contribution < 1.29 is 18.0 Å². The molecule has 1 amide bonds. The minimum absolute atomic E-state index is 0.107. The molecule has 2 unspecified atom stereocenters. The molecule has 1 aliphatic heterocycles. The zero-order chi connectivity index (χ0) is 26.5. The predicted octanol–water partition coefficient (Wildman–Crippen LogP) is 6.39. The molecule has 34 heavy (non-hydrogen) atoms. The van der Waals surface area contributed by atoms with E-state index in [2.05, 4.69) is 22.2 Å². The second-order valence-electron chi connectivity index (χ2n) is 9.20. The van der Waals surface area contributed by atoms with Crippen molar-refractivity contribution in [2.75, 3.05) is 6.54 Å². The number of H-pyrrole nitrogens is 1. The molecule has 0 bridgehead atoms. The van der Waals surface area contributed by atoms with E-state index < -0.39 is 17.6 Å². The predicted molar refractivity (Wildman–Crippen MR) is 133 cm³/mol. The summed E-state index contributed by atoms with van der Waals surface area (Å²) in [6, 6.07) is -0.393. The molecule has 0 radical (unpaired) electrons. The molecule has 2 heterocycles. The lowest BCUT2D eigenvalue weighted by Gasteiger charge is -2.20. The molecule has 6 nitrogen and oxygen atoms in total. The van der Waals surface area contributed by atoms with Gasteiger partial charge in [-0.1, -0.05) is 26.3 Å². The van der Waals surface area contributed by atoms with Gasteiger partial charge in [-0.3, -0.25) is 4.79 Å². The second kappa shape index (κ2) is 15.0. The number of carbonyl (C=O) groups is 1. The van der Waals surface area contributed by atoms with Crippen LogP contribution in [0, 0.1) is 23.7 Å². The van der Waals surface area contributed by atoms with Gasteiger partial charge in [-0.25, -0.2) is 4.98 Å². The summed E-state index contributed by atoms with van der Waals surface area (Å²) in [6.07, 6.45) is 2.05. The molecule has 196 valence electrons. The van der Waals surface area contributed by atoms with Crippen LogP contribution in [0.3, 0.4) is 0 Å². The summed E-state index contributed by atoms with van der Waals surface area (Å²) in [5.74, 6) is 1.63. The van der Waals surface area contributed by atoms with Crippen molar-refractivity contribution in [2.45, 2.75) is 99.2 Å². The summed E-state index contributed by atoms with van der Waals surface area (Å²) in [5, 5.41) is 9.74. The van der Waals surface area contributed by atoms with E-state index in [1.807, 2.05) is 33.8 Å². The lowest BCUT2D eigenvalue weighted by Crippen LogP contribution is -2.33. The van der Waals surface area contributed by atoms with Crippen LogP contribution in [0.5, 0.6) is 0 Å². The quantitative estimate of drug-likeness (QED) is 0.361. The molecular weight excluding hydrogens is 443 g/mol. The van der Waals surface area contributed by atoms with Gasteiger partial charge in [-0.15, -0.1) is 0 Å². The average Bonchev–Trinajstić information content (AvgIpc) is 3.43. The van der Waals surface area contributed by atoms with Gasteiger partial charge in [0.15, 0.2) is 0 Å². The molecule has 1 saturated carbocycles. The van der Waals surface area contributed by atoms with E-state index >= 15 is 0 Å². The van der Waals surface area contributed by atoms with Crippen LogP contribution in [-0.2, 0) is 4.79 Å². The molecule has 2 aliphatic rings. The van der Waals surface area contributed by atoms with Gasteiger partial charge in [0, 0.05) is 30.9 Å². The minimum Gasteiger partial charge on any atom is -0.356 e. The van der Waals surface area contributed by atoms with Crippen LogP contribution < -0.4 is 11.1 Å². The number of imidazole rings is 1. The molecule has 1 aromatic heterocycles. The van der Waals surface area contributed by atoms with Gasteiger partial charge in [0.25, 0.3) is 0 Å². The van der Waals surface area contributed by atoms with E-state index in [0.717, 1.165) is 25.2 Å². The maximum atomic E-state index is 12.7. The number of nitrogens with one attached hydrogen (secondary N) is 3. The third kappa shape index (κ3) is 12.3. The number of halogens is 3. The maximum absolute atomic E-state index is 12.7. The van der Waals surface area contributed by atoms with Gasteiger partial charge in [0.2, 0.25) is 5.91 Å². The van der Waals surface area contributed by atoms with Crippen molar-refractivity contribution in [1.29, 1.82) is 5.41 Å². The summed E-state index contributed by atoms with van der Waals surface area (Å²) in [5.41, 5.74) is 6.91. The Morgan fingerprint density at radius 2 is 1.91 bits per heavy atom. The summed E-state index contributed by atoms with van der Waals surface area (Å²) in [7, 11) is 0. The van der Waals surface area contributed by atoms with Crippen molar-refractivity contribution in [3.8, 4) is 0 Å². The molecule has 1 aromatic rings. The van der Waals surface area contributed by atoms with E-state index in [1.165, 1.54) is 5.57 Å². The molecule has 1 aliphatic carbocycles. The molecule has 0 aromatic carbocycles. The largest absolute Gasteiger partial charge is 0.394 e. The highest BCUT2D eigenvalue weighted by molar-refractivity contribution is 5.90. The average molecular weight is 488 g/mol. The van der Waals surface area contributed by atoms with Gasteiger partial charge < -0.3 is 21.4 Å². The standard InChI is InChI=1S/C11H16F3N3.C6H11NO.C6H11N.C2H6/c1-7-16-6-9(17-7)8(15)2-3-10(4-5-10)11(12,13)14;1-5-2-3-6(8)7-4-5;1-5(2)4-6(3)7;1-2/h6,8H,2-5,15H2,1H3,(H,16,17);5H,2-4H2,1H3,(H,7,8);4,7H,1-3H3;1-2H3. The zero-order valence-electron chi connectivity index (χ0n) is 21.8. The number of aryl methyl sites for hydroxylation is 1. The van der Waals surface area contributed by atoms with Crippen LogP contribution in [0.25, 0.3) is 0 Å². The number of carbonyl (C=O) groups excluding carboxylic acids is 1. The highest BCUT2D eigenvalue weighted by Crippen LogP contribution is 2.60. The van der Waals surface area contributed by atoms with Gasteiger partial charge in [0.05, 0.1) is 11.1 Å². The fraction of sp³-hybridized carbons (Fsp3) is 0.720. The third-order valence-electron chi connectivity index (χ3n) is 5.53. The zero-order valence-corrected chi connectivity index (χ0v) is 21.8. The Labute approximate surface area is 202 Å².